The van der Waals surface area contributed by atoms with Gasteiger partial charge in [0.15, 0.2) is 0 Å². The van der Waals surface area contributed by atoms with Crippen LogP contribution < -0.4 is 0 Å². The van der Waals surface area contributed by atoms with Crippen LogP contribution in [0.15, 0.2) is 24.3 Å². The van der Waals surface area contributed by atoms with E-state index in [9.17, 15) is 14.0 Å². The number of rotatable bonds is 5. The summed E-state index contributed by atoms with van der Waals surface area (Å²) in [7, 11) is -1.27. The van der Waals surface area contributed by atoms with E-state index in [2.05, 4.69) is 31.5 Å². The number of carbonyl (C=O) groups is 2. The summed E-state index contributed by atoms with van der Waals surface area (Å²) >= 11 is 0. The van der Waals surface area contributed by atoms with Crippen molar-refractivity contribution < 1.29 is 18.7 Å². The number of halogens is 1. The van der Waals surface area contributed by atoms with Crippen molar-refractivity contribution in [1.82, 2.24) is 0 Å². The molecule has 0 aromatic heterocycles. The van der Waals surface area contributed by atoms with E-state index in [1.165, 1.54) is 6.07 Å². The van der Waals surface area contributed by atoms with E-state index in [1.54, 1.807) is 32.0 Å². The summed E-state index contributed by atoms with van der Waals surface area (Å²) in [5.41, 5.74) is -0.850. The Morgan fingerprint density at radius 3 is 2.39 bits per heavy atom. The Hall–Kier alpha value is -1.93. The molecule has 23 heavy (non-hydrogen) atoms. The molecule has 5 heteroatoms. The van der Waals surface area contributed by atoms with Crippen molar-refractivity contribution in [2.45, 2.75) is 39.5 Å². The van der Waals surface area contributed by atoms with Crippen LogP contribution in [0, 0.1) is 17.3 Å². The molecule has 0 fully saturated rings. The molecule has 0 radical (unpaired) electrons. The maximum absolute atomic E-state index is 13.0. The van der Waals surface area contributed by atoms with Gasteiger partial charge in [0.1, 0.15) is 5.41 Å². The van der Waals surface area contributed by atoms with Crippen LogP contribution in [-0.4, -0.2) is 26.7 Å². The Kier molecular flexibility index (Phi) is 6.28. The van der Waals surface area contributed by atoms with Crippen LogP contribution in [0.2, 0.25) is 25.7 Å². The molecular weight excluding hydrogens is 311 g/mol. The maximum Gasteiger partial charge on any atom is 0.333 e. The van der Waals surface area contributed by atoms with E-state index in [-0.39, 0.29) is 11.1 Å². The zero-order valence-corrected chi connectivity index (χ0v) is 15.3. The second-order valence-corrected chi connectivity index (χ2v) is 12.8. The topological polar surface area (TPSA) is 43.4 Å². The molecule has 0 atom stereocenters. The van der Waals surface area contributed by atoms with Gasteiger partial charge in [0, 0.05) is 13.6 Å². The molecule has 0 bridgehead atoms. The molecule has 0 aliphatic heterocycles. The minimum Gasteiger partial charge on any atom is -0.465 e. The number of carbonyl (C=O) groups excluding carboxylic acids is 2. The van der Waals surface area contributed by atoms with Crippen LogP contribution in [0.25, 0.3) is 0 Å². The lowest BCUT2D eigenvalue weighted by atomic mass is 9.94. The monoisotopic (exact) mass is 334 g/mol. The quantitative estimate of drug-likeness (QED) is 0.353. The number of esters is 1. The van der Waals surface area contributed by atoms with Crippen LogP contribution in [-0.2, 0) is 9.53 Å². The molecule has 0 aliphatic carbocycles. The fourth-order valence-corrected chi connectivity index (χ4v) is 2.38. The number of ether oxygens (including phenoxy) is 1. The molecule has 0 saturated carbocycles. The average molecular weight is 334 g/mol. The van der Waals surface area contributed by atoms with Crippen molar-refractivity contribution in [3.8, 4) is 11.8 Å². The van der Waals surface area contributed by atoms with Crippen LogP contribution in [0.1, 0.15) is 29.8 Å². The summed E-state index contributed by atoms with van der Waals surface area (Å²) in [6, 6.07) is 5.49. The Bertz CT molecular complexity index is 648. The van der Waals surface area contributed by atoms with Gasteiger partial charge in [-0.25, -0.2) is 0 Å². The van der Waals surface area contributed by atoms with Crippen molar-refractivity contribution >= 4 is 20.1 Å². The highest BCUT2D eigenvalue weighted by atomic mass is 28.3. The predicted molar refractivity (Wildman–Crippen MR) is 91.7 cm³/mol. The van der Waals surface area contributed by atoms with Gasteiger partial charge in [-0.15, -0.1) is 0 Å². The van der Waals surface area contributed by atoms with Gasteiger partial charge in [-0.3, -0.25) is 9.59 Å². The lowest BCUT2D eigenvalue weighted by Gasteiger charge is -2.19. The average Bonchev–Trinajstić information content (AvgIpc) is 2.44. The predicted octanol–water partition coefficient (Wildman–Crippen LogP) is 4.06. The van der Waals surface area contributed by atoms with Crippen molar-refractivity contribution in [2.24, 2.45) is 5.41 Å². The van der Waals surface area contributed by atoms with E-state index in [0.717, 1.165) is 6.04 Å². The van der Waals surface area contributed by atoms with Gasteiger partial charge in [-0.05, 0) is 32.0 Å². The van der Waals surface area contributed by atoms with E-state index in [1.807, 2.05) is 0 Å². The van der Waals surface area contributed by atoms with Crippen LogP contribution in [0.5, 0.6) is 0 Å². The molecule has 0 heterocycles. The van der Waals surface area contributed by atoms with Gasteiger partial charge in [0.25, 0.3) is 0 Å². The summed E-state index contributed by atoms with van der Waals surface area (Å²) in [6.07, 6.45) is 0. The second-order valence-electron chi connectivity index (χ2n) is 7.14. The highest BCUT2D eigenvalue weighted by molar-refractivity contribution is 6.76. The summed E-state index contributed by atoms with van der Waals surface area (Å²) in [5, 5.41) is 0. The fourth-order valence-electron chi connectivity index (χ4n) is 1.67. The zero-order chi connectivity index (χ0) is 17.7. The van der Waals surface area contributed by atoms with Gasteiger partial charge in [0.2, 0.25) is 0 Å². The van der Waals surface area contributed by atoms with Crippen molar-refractivity contribution in [3.05, 3.63) is 35.4 Å². The van der Waals surface area contributed by atoms with E-state index < -0.39 is 25.5 Å². The second kappa shape index (κ2) is 7.56. The molecule has 1 aromatic carbocycles. The molecule has 0 spiro atoms. The van der Waals surface area contributed by atoms with Crippen LogP contribution in [0.3, 0.4) is 0 Å². The lowest BCUT2D eigenvalue weighted by Crippen LogP contribution is -2.28. The van der Waals surface area contributed by atoms with Crippen molar-refractivity contribution in [2.75, 3.05) is 6.61 Å². The third kappa shape index (κ3) is 6.37. The number of hydrogen-bond donors (Lipinski definition) is 0. The van der Waals surface area contributed by atoms with E-state index in [4.69, 9.17) is 4.74 Å². The molecule has 0 amide bonds. The molecule has 1 rings (SSSR count). The van der Waals surface area contributed by atoms with Crippen LogP contribution in [0.4, 0.5) is 4.39 Å². The standard InChI is InChI=1S/C18H23FO3Si/c1-18(2,17(21)22-12-13-23(3,4)5)11-10-14-8-6-7-9-15(14)16(19)20/h6-9H,12-13H2,1-5H3. The summed E-state index contributed by atoms with van der Waals surface area (Å²) in [4.78, 5) is 23.1. The van der Waals surface area contributed by atoms with Gasteiger partial charge in [-0.2, -0.15) is 4.39 Å². The first kappa shape index (κ1) is 19.1. The molecule has 0 saturated heterocycles. The van der Waals surface area contributed by atoms with E-state index >= 15 is 0 Å². The largest absolute Gasteiger partial charge is 0.465 e. The third-order valence-corrected chi connectivity index (χ3v) is 4.95. The maximum atomic E-state index is 13.0. The first-order valence-corrected chi connectivity index (χ1v) is 11.2. The smallest absolute Gasteiger partial charge is 0.333 e. The summed E-state index contributed by atoms with van der Waals surface area (Å²) in [6.45, 7) is 10.3. The molecule has 3 nitrogen and oxygen atoms in total. The number of benzene rings is 1. The van der Waals surface area contributed by atoms with Gasteiger partial charge in [0.05, 0.1) is 12.2 Å². The molecular formula is C18H23FO3Si. The number of hydrogen-bond acceptors (Lipinski definition) is 3. The molecule has 0 N–H and O–H groups in total. The Balaban J connectivity index is 2.83. The highest BCUT2D eigenvalue weighted by Crippen LogP contribution is 2.18. The minimum absolute atomic E-state index is 0.0945. The lowest BCUT2D eigenvalue weighted by molar-refractivity contribution is -0.150. The van der Waals surface area contributed by atoms with E-state index in [0.29, 0.717) is 6.61 Å². The summed E-state index contributed by atoms with van der Waals surface area (Å²) < 4.78 is 18.3. The molecule has 0 unspecified atom stereocenters. The van der Waals surface area contributed by atoms with Crippen molar-refractivity contribution in [3.63, 3.8) is 0 Å². The third-order valence-electron chi connectivity index (χ3n) is 3.24. The SMILES string of the molecule is CC(C)(C#Cc1ccccc1C(=O)F)C(=O)OCC[Si](C)(C)C. The normalized spacial score (nSPS) is 11.4. The minimum atomic E-state index is -1.54. The Morgan fingerprint density at radius 2 is 1.83 bits per heavy atom. The Labute approximate surface area is 138 Å². The Morgan fingerprint density at radius 1 is 1.22 bits per heavy atom. The summed E-state index contributed by atoms with van der Waals surface area (Å²) in [5.74, 6) is 5.10. The fraction of sp³-hybridized carbons (Fsp3) is 0.444. The molecule has 1 aromatic rings. The van der Waals surface area contributed by atoms with Crippen molar-refractivity contribution in [1.29, 1.82) is 0 Å². The zero-order valence-electron chi connectivity index (χ0n) is 14.3. The highest BCUT2D eigenvalue weighted by Gasteiger charge is 2.27. The first-order chi connectivity index (χ1) is 10.5. The van der Waals surface area contributed by atoms with Gasteiger partial charge in [-0.1, -0.05) is 43.6 Å². The molecule has 124 valence electrons. The first-order valence-electron chi connectivity index (χ1n) is 7.52. The molecule has 0 aliphatic rings. The van der Waals surface area contributed by atoms with Gasteiger partial charge < -0.3 is 4.74 Å². The van der Waals surface area contributed by atoms with Crippen LogP contribution >= 0.6 is 0 Å². The van der Waals surface area contributed by atoms with Gasteiger partial charge >= 0.3 is 12.0 Å².